The summed E-state index contributed by atoms with van der Waals surface area (Å²) in [5.41, 5.74) is 1.45. The van der Waals surface area contributed by atoms with Gasteiger partial charge in [-0.25, -0.2) is 0 Å². The van der Waals surface area contributed by atoms with Crippen molar-refractivity contribution in [1.29, 1.82) is 0 Å². The Bertz CT molecular complexity index is 689. The van der Waals surface area contributed by atoms with Crippen molar-refractivity contribution >= 4 is 29.9 Å². The highest BCUT2D eigenvalue weighted by Crippen LogP contribution is 2.31. The van der Waals surface area contributed by atoms with Gasteiger partial charge in [0.2, 0.25) is 0 Å². The van der Waals surface area contributed by atoms with E-state index >= 15 is 0 Å². The van der Waals surface area contributed by atoms with Crippen LogP contribution < -0.4 is 5.32 Å². The highest BCUT2D eigenvalue weighted by Gasteiger charge is 2.36. The van der Waals surface area contributed by atoms with E-state index in [2.05, 4.69) is 64.3 Å². The maximum absolute atomic E-state index is 5.08. The Morgan fingerprint density at radius 1 is 1.03 bits per heavy atom. The predicted octanol–water partition coefficient (Wildman–Crippen LogP) is 4.29. The van der Waals surface area contributed by atoms with Crippen LogP contribution in [0.4, 0.5) is 0 Å². The van der Waals surface area contributed by atoms with Gasteiger partial charge in [0, 0.05) is 38.8 Å². The van der Waals surface area contributed by atoms with Crippen molar-refractivity contribution in [3.63, 3.8) is 0 Å². The molecule has 32 heavy (non-hydrogen) atoms. The van der Waals surface area contributed by atoms with Gasteiger partial charge in [-0.2, -0.15) is 0 Å². The Morgan fingerprint density at radius 3 is 2.56 bits per heavy atom. The van der Waals surface area contributed by atoms with E-state index in [0.29, 0.717) is 0 Å². The summed E-state index contributed by atoms with van der Waals surface area (Å²) in [4.78, 5) is 12.9. The van der Waals surface area contributed by atoms with Crippen LogP contribution in [0.25, 0.3) is 0 Å². The van der Waals surface area contributed by atoms with Crippen LogP contribution in [0.3, 0.4) is 0 Å². The fourth-order valence-electron chi connectivity index (χ4n) is 5.84. The molecule has 3 fully saturated rings. The van der Waals surface area contributed by atoms with Crippen LogP contribution in [0.5, 0.6) is 0 Å². The molecule has 3 heterocycles. The molecule has 180 valence electrons. The van der Waals surface area contributed by atoms with Crippen LogP contribution in [0.2, 0.25) is 0 Å². The van der Waals surface area contributed by atoms with E-state index in [9.17, 15) is 0 Å². The molecular weight excluding hydrogens is 509 g/mol. The first-order valence-electron chi connectivity index (χ1n) is 12.7. The first-order valence-corrected chi connectivity index (χ1v) is 12.7. The van der Waals surface area contributed by atoms with Crippen LogP contribution in [0.15, 0.2) is 35.3 Å². The molecule has 2 unspecified atom stereocenters. The molecule has 0 radical (unpaired) electrons. The first-order chi connectivity index (χ1) is 15.2. The number of rotatable bonds is 6. The summed E-state index contributed by atoms with van der Waals surface area (Å²) in [6.45, 7) is 11.3. The number of fused-ring (bicyclic) bond motifs is 1. The normalized spacial score (nSPS) is 25.8. The van der Waals surface area contributed by atoms with Crippen LogP contribution in [-0.4, -0.2) is 79.6 Å². The molecule has 3 aliphatic heterocycles. The second-order valence-electron chi connectivity index (χ2n) is 9.93. The maximum Gasteiger partial charge on any atom is 0.193 e. The van der Waals surface area contributed by atoms with Crippen molar-refractivity contribution in [2.24, 2.45) is 16.8 Å². The van der Waals surface area contributed by atoms with Crippen molar-refractivity contribution < 1.29 is 0 Å². The number of guanidine groups is 1. The molecular formula is C26H44IN5. The molecule has 1 N–H and O–H groups in total. The van der Waals surface area contributed by atoms with E-state index in [1.807, 2.05) is 0 Å². The second kappa shape index (κ2) is 13.1. The molecule has 0 bridgehead atoms. The lowest BCUT2D eigenvalue weighted by Crippen LogP contribution is -2.56. The van der Waals surface area contributed by atoms with Crippen molar-refractivity contribution in [2.75, 3.05) is 52.9 Å². The summed E-state index contributed by atoms with van der Waals surface area (Å²) >= 11 is 0. The molecule has 2 atom stereocenters. The summed E-state index contributed by atoms with van der Waals surface area (Å²) < 4.78 is 0. The molecule has 0 spiro atoms. The third kappa shape index (κ3) is 7.07. The van der Waals surface area contributed by atoms with Crippen molar-refractivity contribution in [2.45, 2.75) is 58.0 Å². The zero-order chi connectivity index (χ0) is 21.5. The van der Waals surface area contributed by atoms with Gasteiger partial charge >= 0.3 is 0 Å². The van der Waals surface area contributed by atoms with Gasteiger partial charge in [0.05, 0.1) is 0 Å². The Balaban J connectivity index is 0.00000289. The van der Waals surface area contributed by atoms with Gasteiger partial charge < -0.3 is 15.1 Å². The van der Waals surface area contributed by atoms with E-state index in [0.717, 1.165) is 56.6 Å². The van der Waals surface area contributed by atoms with Gasteiger partial charge in [-0.15, -0.1) is 24.0 Å². The number of nitrogens with one attached hydrogen (secondary N) is 1. The van der Waals surface area contributed by atoms with Gasteiger partial charge in [-0.05, 0) is 89.5 Å². The number of likely N-dealkylation sites (tertiary alicyclic amines) is 3. The van der Waals surface area contributed by atoms with E-state index < -0.39 is 0 Å². The summed E-state index contributed by atoms with van der Waals surface area (Å²) in [6, 6.07) is 11.7. The Hall–Kier alpha value is -0.860. The van der Waals surface area contributed by atoms with Gasteiger partial charge in [-0.3, -0.25) is 9.89 Å². The molecule has 1 aromatic rings. The summed E-state index contributed by atoms with van der Waals surface area (Å²) in [6.07, 6.45) is 7.87. The topological polar surface area (TPSA) is 34.1 Å². The minimum absolute atomic E-state index is 0. The van der Waals surface area contributed by atoms with E-state index in [1.54, 1.807) is 0 Å². The summed E-state index contributed by atoms with van der Waals surface area (Å²) in [5, 5.41) is 3.60. The van der Waals surface area contributed by atoms with Crippen LogP contribution in [-0.2, 0) is 6.54 Å². The lowest BCUT2D eigenvalue weighted by molar-refractivity contribution is 0.0372. The number of aliphatic imine (C=N–C) groups is 1. The quantitative estimate of drug-likeness (QED) is 0.324. The van der Waals surface area contributed by atoms with Crippen molar-refractivity contribution in [3.05, 3.63) is 35.9 Å². The zero-order valence-electron chi connectivity index (χ0n) is 20.2. The number of hydrogen-bond donors (Lipinski definition) is 1. The number of halogens is 1. The predicted molar refractivity (Wildman–Crippen MR) is 146 cm³/mol. The van der Waals surface area contributed by atoms with E-state index in [4.69, 9.17) is 4.99 Å². The molecule has 3 aliphatic rings. The molecule has 4 rings (SSSR count). The van der Waals surface area contributed by atoms with E-state index in [-0.39, 0.29) is 24.0 Å². The minimum atomic E-state index is 0. The largest absolute Gasteiger partial charge is 0.357 e. The SMILES string of the molecule is CCNC(=NCCC1CCN(C)CC1)N1CCC2C(CCCN2Cc2ccccc2)C1.I. The highest BCUT2D eigenvalue weighted by atomic mass is 127. The summed E-state index contributed by atoms with van der Waals surface area (Å²) in [7, 11) is 2.24. The van der Waals surface area contributed by atoms with Crippen LogP contribution in [0, 0.1) is 11.8 Å². The molecule has 5 nitrogen and oxygen atoms in total. The lowest BCUT2D eigenvalue weighted by Gasteiger charge is -2.48. The van der Waals surface area contributed by atoms with Gasteiger partial charge in [0.15, 0.2) is 5.96 Å². The molecule has 6 heteroatoms. The van der Waals surface area contributed by atoms with Crippen molar-refractivity contribution in [3.8, 4) is 0 Å². The Labute approximate surface area is 213 Å². The number of benzene rings is 1. The van der Waals surface area contributed by atoms with Crippen LogP contribution >= 0.6 is 24.0 Å². The van der Waals surface area contributed by atoms with Crippen molar-refractivity contribution in [1.82, 2.24) is 20.0 Å². The number of nitrogens with zero attached hydrogens (tertiary/aromatic N) is 4. The van der Waals surface area contributed by atoms with Gasteiger partial charge in [0.25, 0.3) is 0 Å². The number of hydrogen-bond acceptors (Lipinski definition) is 3. The molecule has 0 amide bonds. The van der Waals surface area contributed by atoms with E-state index in [1.165, 1.54) is 63.7 Å². The fraction of sp³-hybridized carbons (Fsp3) is 0.731. The smallest absolute Gasteiger partial charge is 0.193 e. The fourth-order valence-corrected chi connectivity index (χ4v) is 5.84. The average Bonchev–Trinajstić information content (AvgIpc) is 2.80. The van der Waals surface area contributed by atoms with Gasteiger partial charge in [-0.1, -0.05) is 30.3 Å². The third-order valence-corrected chi connectivity index (χ3v) is 7.68. The molecule has 0 aromatic heterocycles. The maximum atomic E-state index is 5.08. The molecule has 0 aliphatic carbocycles. The molecule has 0 saturated carbocycles. The average molecular weight is 554 g/mol. The first kappa shape index (κ1) is 25.8. The Morgan fingerprint density at radius 2 is 1.81 bits per heavy atom. The minimum Gasteiger partial charge on any atom is -0.357 e. The monoisotopic (exact) mass is 553 g/mol. The second-order valence-corrected chi connectivity index (χ2v) is 9.93. The Kier molecular flexibility index (Phi) is 10.6. The highest BCUT2D eigenvalue weighted by molar-refractivity contribution is 14.0. The number of piperidine rings is 3. The van der Waals surface area contributed by atoms with Crippen LogP contribution in [0.1, 0.15) is 51.0 Å². The zero-order valence-corrected chi connectivity index (χ0v) is 22.5. The third-order valence-electron chi connectivity index (χ3n) is 7.68. The molecule has 1 aromatic carbocycles. The lowest BCUT2D eigenvalue weighted by atomic mass is 9.83. The molecule has 3 saturated heterocycles. The standard InChI is InChI=1S/C26H43N5.HI/c1-3-27-26(28-15-11-22-12-17-29(2)18-13-22)31-19-14-25-24(21-31)10-7-16-30(25)20-23-8-5-4-6-9-23;/h4-6,8-9,22,24-25H,3,7,10-21H2,1-2H3,(H,27,28);1H. The van der Waals surface area contributed by atoms with Gasteiger partial charge in [0.1, 0.15) is 0 Å². The summed E-state index contributed by atoms with van der Waals surface area (Å²) in [5.74, 6) is 2.79.